The summed E-state index contributed by atoms with van der Waals surface area (Å²) in [4.78, 5) is 13.0. The lowest BCUT2D eigenvalue weighted by Crippen LogP contribution is -1.99. The lowest BCUT2D eigenvalue weighted by Gasteiger charge is -2.10. The van der Waals surface area contributed by atoms with E-state index < -0.39 is 0 Å². The highest BCUT2D eigenvalue weighted by Gasteiger charge is 2.04. The molecule has 0 atom stereocenters. The number of para-hydroxylation sites is 2. The Morgan fingerprint density at radius 1 is 0.667 bits per heavy atom. The summed E-state index contributed by atoms with van der Waals surface area (Å²) >= 11 is 0. The Kier molecular flexibility index (Phi) is 3.73. The molecule has 0 saturated carbocycles. The Labute approximate surface area is 139 Å². The molecule has 0 bridgehead atoms. The van der Waals surface area contributed by atoms with Crippen LogP contribution in [0, 0.1) is 0 Å². The highest BCUT2D eigenvalue weighted by atomic mass is 15.1. The van der Waals surface area contributed by atoms with Gasteiger partial charge in [-0.25, -0.2) is 9.97 Å². The molecule has 5 heteroatoms. The van der Waals surface area contributed by atoms with Crippen LogP contribution >= 0.6 is 0 Å². The molecule has 2 aromatic heterocycles. The van der Waals surface area contributed by atoms with Gasteiger partial charge in [0.15, 0.2) is 0 Å². The third-order valence-corrected chi connectivity index (χ3v) is 3.61. The Morgan fingerprint density at radius 2 is 1.46 bits per heavy atom. The van der Waals surface area contributed by atoms with Gasteiger partial charge < -0.3 is 10.6 Å². The maximum absolute atomic E-state index is 4.45. The minimum atomic E-state index is 0.710. The number of rotatable bonds is 4. The van der Waals surface area contributed by atoms with Crippen molar-refractivity contribution < 1.29 is 0 Å². The van der Waals surface area contributed by atoms with E-state index in [0.717, 1.165) is 28.1 Å². The first-order chi connectivity index (χ1) is 11.9. The van der Waals surface area contributed by atoms with Crippen molar-refractivity contribution in [2.24, 2.45) is 0 Å². The standard InChI is InChI=1S/C19H15N5/c1-2-8-15(9-3-1)23-17-12-18(22-13-21-17)24-16-10-4-6-14-7-5-11-20-19(14)16/h1-13H,(H2,21,22,23,24). The van der Waals surface area contributed by atoms with Crippen LogP contribution in [0.4, 0.5) is 23.0 Å². The molecule has 4 rings (SSSR count). The molecule has 116 valence electrons. The summed E-state index contributed by atoms with van der Waals surface area (Å²) in [5.41, 5.74) is 2.81. The van der Waals surface area contributed by atoms with E-state index in [1.165, 1.54) is 6.33 Å². The van der Waals surface area contributed by atoms with Crippen LogP contribution in [-0.2, 0) is 0 Å². The molecule has 0 unspecified atom stereocenters. The van der Waals surface area contributed by atoms with E-state index in [0.29, 0.717) is 5.82 Å². The fourth-order valence-electron chi connectivity index (χ4n) is 2.51. The zero-order valence-electron chi connectivity index (χ0n) is 12.8. The molecule has 24 heavy (non-hydrogen) atoms. The maximum atomic E-state index is 4.45. The van der Waals surface area contributed by atoms with E-state index in [2.05, 4.69) is 25.6 Å². The number of nitrogens with one attached hydrogen (secondary N) is 2. The molecule has 0 fully saturated rings. The highest BCUT2D eigenvalue weighted by molar-refractivity contribution is 5.91. The predicted molar refractivity (Wildman–Crippen MR) is 96.8 cm³/mol. The highest BCUT2D eigenvalue weighted by Crippen LogP contribution is 2.24. The van der Waals surface area contributed by atoms with E-state index in [-0.39, 0.29) is 0 Å². The summed E-state index contributed by atoms with van der Waals surface area (Å²) in [7, 11) is 0. The summed E-state index contributed by atoms with van der Waals surface area (Å²) in [5.74, 6) is 1.44. The molecule has 2 aromatic carbocycles. The predicted octanol–water partition coefficient (Wildman–Crippen LogP) is 4.51. The van der Waals surface area contributed by atoms with E-state index in [1.54, 1.807) is 6.20 Å². The number of aromatic nitrogens is 3. The molecular weight excluding hydrogens is 298 g/mol. The Morgan fingerprint density at radius 3 is 2.33 bits per heavy atom. The third kappa shape index (κ3) is 3.01. The molecule has 0 aliphatic rings. The quantitative estimate of drug-likeness (QED) is 0.580. The van der Waals surface area contributed by atoms with Gasteiger partial charge in [0.1, 0.15) is 18.0 Å². The van der Waals surface area contributed by atoms with Gasteiger partial charge in [-0.05, 0) is 24.3 Å². The molecule has 2 N–H and O–H groups in total. The van der Waals surface area contributed by atoms with Crippen LogP contribution in [0.25, 0.3) is 10.9 Å². The van der Waals surface area contributed by atoms with Crippen LogP contribution in [-0.4, -0.2) is 15.0 Å². The fraction of sp³-hybridized carbons (Fsp3) is 0. The van der Waals surface area contributed by atoms with Crippen molar-refractivity contribution >= 4 is 33.9 Å². The number of hydrogen-bond acceptors (Lipinski definition) is 5. The summed E-state index contributed by atoms with van der Waals surface area (Å²) < 4.78 is 0. The number of hydrogen-bond donors (Lipinski definition) is 2. The number of anilines is 4. The van der Waals surface area contributed by atoms with Gasteiger partial charge in [0.05, 0.1) is 11.2 Å². The van der Waals surface area contributed by atoms with Crippen molar-refractivity contribution in [3.05, 3.63) is 79.3 Å². The van der Waals surface area contributed by atoms with Crippen molar-refractivity contribution in [2.45, 2.75) is 0 Å². The SMILES string of the molecule is c1ccc(Nc2cc(Nc3cccc4cccnc34)ncn2)cc1. The smallest absolute Gasteiger partial charge is 0.135 e. The largest absolute Gasteiger partial charge is 0.340 e. The van der Waals surface area contributed by atoms with E-state index in [4.69, 9.17) is 0 Å². The average Bonchev–Trinajstić information content (AvgIpc) is 2.63. The number of pyridine rings is 1. The van der Waals surface area contributed by atoms with Gasteiger partial charge in [0, 0.05) is 23.3 Å². The number of nitrogens with zero attached hydrogens (tertiary/aromatic N) is 3. The maximum Gasteiger partial charge on any atom is 0.135 e. The second-order valence-corrected chi connectivity index (χ2v) is 5.29. The van der Waals surface area contributed by atoms with Crippen LogP contribution < -0.4 is 10.6 Å². The van der Waals surface area contributed by atoms with Gasteiger partial charge in [0.25, 0.3) is 0 Å². The van der Waals surface area contributed by atoms with Crippen LogP contribution in [0.3, 0.4) is 0 Å². The van der Waals surface area contributed by atoms with Gasteiger partial charge in [-0.2, -0.15) is 0 Å². The van der Waals surface area contributed by atoms with E-state index in [1.807, 2.05) is 66.7 Å². The minimum Gasteiger partial charge on any atom is -0.340 e. The summed E-state index contributed by atoms with van der Waals surface area (Å²) in [6.07, 6.45) is 3.32. The van der Waals surface area contributed by atoms with Crippen molar-refractivity contribution in [3.8, 4) is 0 Å². The molecule has 0 aliphatic carbocycles. The van der Waals surface area contributed by atoms with Crippen molar-refractivity contribution in [1.29, 1.82) is 0 Å². The second-order valence-electron chi connectivity index (χ2n) is 5.29. The second kappa shape index (κ2) is 6.34. The van der Waals surface area contributed by atoms with Crippen molar-refractivity contribution in [2.75, 3.05) is 10.6 Å². The average molecular weight is 313 g/mol. The van der Waals surface area contributed by atoms with Crippen molar-refractivity contribution in [3.63, 3.8) is 0 Å². The zero-order valence-corrected chi connectivity index (χ0v) is 12.8. The number of fused-ring (bicyclic) bond motifs is 1. The molecule has 0 radical (unpaired) electrons. The Balaban J connectivity index is 1.62. The summed E-state index contributed by atoms with van der Waals surface area (Å²) in [6.45, 7) is 0. The third-order valence-electron chi connectivity index (χ3n) is 3.61. The Bertz CT molecular complexity index is 964. The van der Waals surface area contributed by atoms with Crippen LogP contribution in [0.5, 0.6) is 0 Å². The monoisotopic (exact) mass is 313 g/mol. The molecule has 0 aliphatic heterocycles. The number of benzene rings is 2. The fourth-order valence-corrected chi connectivity index (χ4v) is 2.51. The summed E-state index contributed by atoms with van der Waals surface area (Å²) in [5, 5.41) is 7.66. The first-order valence-corrected chi connectivity index (χ1v) is 7.63. The van der Waals surface area contributed by atoms with Gasteiger partial charge in [-0.15, -0.1) is 0 Å². The zero-order chi connectivity index (χ0) is 16.2. The first-order valence-electron chi connectivity index (χ1n) is 7.63. The van der Waals surface area contributed by atoms with Crippen LogP contribution in [0.1, 0.15) is 0 Å². The topological polar surface area (TPSA) is 62.7 Å². The van der Waals surface area contributed by atoms with Gasteiger partial charge >= 0.3 is 0 Å². The normalized spacial score (nSPS) is 10.5. The lowest BCUT2D eigenvalue weighted by molar-refractivity contribution is 1.17. The van der Waals surface area contributed by atoms with Gasteiger partial charge in [0.2, 0.25) is 0 Å². The van der Waals surface area contributed by atoms with Gasteiger partial charge in [-0.1, -0.05) is 36.4 Å². The van der Waals surface area contributed by atoms with E-state index >= 15 is 0 Å². The van der Waals surface area contributed by atoms with Crippen LogP contribution in [0.15, 0.2) is 79.3 Å². The molecule has 0 amide bonds. The van der Waals surface area contributed by atoms with Gasteiger partial charge in [-0.3, -0.25) is 4.98 Å². The molecular formula is C19H15N5. The minimum absolute atomic E-state index is 0.710. The molecule has 5 nitrogen and oxygen atoms in total. The Hall–Kier alpha value is -3.47. The first kappa shape index (κ1) is 14.1. The van der Waals surface area contributed by atoms with E-state index in [9.17, 15) is 0 Å². The molecule has 0 spiro atoms. The molecule has 4 aromatic rings. The van der Waals surface area contributed by atoms with Crippen LogP contribution in [0.2, 0.25) is 0 Å². The molecule has 0 saturated heterocycles. The lowest BCUT2D eigenvalue weighted by atomic mass is 10.2. The van der Waals surface area contributed by atoms with Crippen molar-refractivity contribution in [1.82, 2.24) is 15.0 Å². The molecule has 2 heterocycles. The summed E-state index contributed by atoms with van der Waals surface area (Å²) in [6, 6.07) is 21.8.